The van der Waals surface area contributed by atoms with E-state index in [1.54, 1.807) is 24.8 Å². The molecule has 5 nitrogen and oxygen atoms in total. The number of piperidine rings is 1. The molecular weight excluding hydrogens is 276 g/mol. The Bertz CT molecular complexity index is 553. The first-order valence-electron chi connectivity index (χ1n) is 8.18. The zero-order valence-corrected chi connectivity index (χ0v) is 12.9. The molecule has 1 unspecified atom stereocenters. The van der Waals surface area contributed by atoms with E-state index in [1.807, 2.05) is 4.68 Å². The summed E-state index contributed by atoms with van der Waals surface area (Å²) in [4.78, 5) is 6.57. The standard InChI is InChI=1S/C17H24N4O/c22-16-8-6-15(7-9-16)17-5-1-2-10-20(17)11-3-4-12-21-14-18-13-19-21/h6-9,13-14,17,22H,1-5,10-12H2. The van der Waals surface area contributed by atoms with Gasteiger partial charge in [-0.25, -0.2) is 4.98 Å². The lowest BCUT2D eigenvalue weighted by Crippen LogP contribution is -2.34. The van der Waals surface area contributed by atoms with E-state index < -0.39 is 0 Å². The molecule has 0 radical (unpaired) electrons. The minimum absolute atomic E-state index is 0.346. The Labute approximate surface area is 131 Å². The third-order valence-electron chi connectivity index (χ3n) is 4.44. The summed E-state index contributed by atoms with van der Waals surface area (Å²) in [5, 5.41) is 13.6. The molecule has 2 heterocycles. The van der Waals surface area contributed by atoms with E-state index in [9.17, 15) is 5.11 Å². The van der Waals surface area contributed by atoms with Gasteiger partial charge >= 0.3 is 0 Å². The van der Waals surface area contributed by atoms with Crippen molar-refractivity contribution in [1.29, 1.82) is 0 Å². The van der Waals surface area contributed by atoms with Crippen molar-refractivity contribution >= 4 is 0 Å². The van der Waals surface area contributed by atoms with Crippen LogP contribution in [0.15, 0.2) is 36.9 Å². The maximum Gasteiger partial charge on any atom is 0.137 e. The van der Waals surface area contributed by atoms with Crippen LogP contribution in [0.4, 0.5) is 0 Å². The Morgan fingerprint density at radius 3 is 2.68 bits per heavy atom. The van der Waals surface area contributed by atoms with Crippen LogP contribution in [0.1, 0.15) is 43.7 Å². The van der Waals surface area contributed by atoms with Crippen molar-refractivity contribution in [2.24, 2.45) is 0 Å². The summed E-state index contributed by atoms with van der Waals surface area (Å²) in [6, 6.07) is 8.22. The molecule has 1 aliphatic heterocycles. The van der Waals surface area contributed by atoms with Gasteiger partial charge in [0.05, 0.1) is 0 Å². The number of unbranched alkanes of at least 4 members (excludes halogenated alkanes) is 1. The number of likely N-dealkylation sites (tertiary alicyclic amines) is 1. The van der Waals surface area contributed by atoms with E-state index in [2.05, 4.69) is 27.1 Å². The van der Waals surface area contributed by atoms with Crippen LogP contribution in [0.25, 0.3) is 0 Å². The second kappa shape index (κ2) is 7.40. The number of aromatic nitrogens is 3. The smallest absolute Gasteiger partial charge is 0.137 e. The molecule has 1 aromatic carbocycles. The normalized spacial score (nSPS) is 19.4. The SMILES string of the molecule is Oc1ccc(C2CCCCN2CCCCn2cncn2)cc1. The van der Waals surface area contributed by atoms with Gasteiger partial charge in [-0.05, 0) is 56.5 Å². The van der Waals surface area contributed by atoms with Gasteiger partial charge in [0.1, 0.15) is 18.4 Å². The van der Waals surface area contributed by atoms with Crippen LogP contribution in [0.5, 0.6) is 5.75 Å². The first-order valence-corrected chi connectivity index (χ1v) is 8.18. The van der Waals surface area contributed by atoms with Crippen LogP contribution < -0.4 is 0 Å². The number of aromatic hydroxyl groups is 1. The van der Waals surface area contributed by atoms with Crippen molar-refractivity contribution in [2.75, 3.05) is 13.1 Å². The average Bonchev–Trinajstić information content (AvgIpc) is 3.06. The predicted octanol–water partition coefficient (Wildman–Crippen LogP) is 2.99. The maximum absolute atomic E-state index is 9.46. The van der Waals surface area contributed by atoms with Gasteiger partial charge in [0.25, 0.3) is 0 Å². The van der Waals surface area contributed by atoms with Gasteiger partial charge in [-0.15, -0.1) is 0 Å². The Kier molecular flexibility index (Phi) is 5.06. The van der Waals surface area contributed by atoms with Crippen LogP contribution in [0.2, 0.25) is 0 Å². The molecule has 2 aromatic rings. The highest BCUT2D eigenvalue weighted by Gasteiger charge is 2.23. The van der Waals surface area contributed by atoms with Gasteiger partial charge in [-0.3, -0.25) is 9.58 Å². The zero-order valence-electron chi connectivity index (χ0n) is 12.9. The number of benzene rings is 1. The highest BCUT2D eigenvalue weighted by atomic mass is 16.3. The minimum atomic E-state index is 0.346. The van der Waals surface area contributed by atoms with Gasteiger partial charge < -0.3 is 5.11 Å². The van der Waals surface area contributed by atoms with Crippen molar-refractivity contribution in [3.05, 3.63) is 42.5 Å². The number of hydrogen-bond donors (Lipinski definition) is 1. The molecule has 22 heavy (non-hydrogen) atoms. The first kappa shape index (κ1) is 15.0. The number of rotatable bonds is 6. The number of phenols is 1. The third-order valence-corrected chi connectivity index (χ3v) is 4.44. The third kappa shape index (κ3) is 3.85. The summed E-state index contributed by atoms with van der Waals surface area (Å²) in [7, 11) is 0. The van der Waals surface area contributed by atoms with Gasteiger partial charge in [0.2, 0.25) is 0 Å². The molecule has 0 spiro atoms. The molecule has 0 amide bonds. The second-order valence-electron chi connectivity index (χ2n) is 6.00. The van der Waals surface area contributed by atoms with E-state index in [4.69, 9.17) is 0 Å². The van der Waals surface area contributed by atoms with Crippen LogP contribution in [-0.4, -0.2) is 37.9 Å². The van der Waals surface area contributed by atoms with Crippen molar-refractivity contribution in [2.45, 2.75) is 44.7 Å². The Hall–Kier alpha value is -1.88. The number of hydrogen-bond acceptors (Lipinski definition) is 4. The van der Waals surface area contributed by atoms with Gasteiger partial charge in [0, 0.05) is 12.6 Å². The van der Waals surface area contributed by atoms with Crippen molar-refractivity contribution < 1.29 is 5.11 Å². The molecular formula is C17H24N4O. The lowest BCUT2D eigenvalue weighted by molar-refractivity contribution is 0.145. The molecule has 1 aliphatic rings. The lowest BCUT2D eigenvalue weighted by atomic mass is 9.95. The van der Waals surface area contributed by atoms with E-state index in [-0.39, 0.29) is 0 Å². The Morgan fingerprint density at radius 2 is 1.91 bits per heavy atom. The largest absolute Gasteiger partial charge is 0.508 e. The first-order chi connectivity index (χ1) is 10.8. The van der Waals surface area contributed by atoms with E-state index in [1.165, 1.54) is 37.8 Å². The van der Waals surface area contributed by atoms with Gasteiger partial charge in [-0.2, -0.15) is 5.10 Å². The summed E-state index contributed by atoms with van der Waals surface area (Å²) in [5.74, 6) is 0.346. The maximum atomic E-state index is 9.46. The minimum Gasteiger partial charge on any atom is -0.508 e. The molecule has 0 saturated carbocycles. The monoisotopic (exact) mass is 300 g/mol. The fourth-order valence-corrected chi connectivity index (χ4v) is 3.27. The van der Waals surface area contributed by atoms with E-state index >= 15 is 0 Å². The van der Waals surface area contributed by atoms with Gasteiger partial charge in [0.15, 0.2) is 0 Å². The Morgan fingerprint density at radius 1 is 1.09 bits per heavy atom. The lowest BCUT2D eigenvalue weighted by Gasteiger charge is -2.36. The molecule has 1 fully saturated rings. The van der Waals surface area contributed by atoms with Crippen LogP contribution in [0, 0.1) is 0 Å². The number of phenolic OH excluding ortho intramolecular Hbond substituents is 1. The number of aryl methyl sites for hydroxylation is 1. The molecule has 0 aliphatic carbocycles. The summed E-state index contributed by atoms with van der Waals surface area (Å²) in [6.07, 6.45) is 9.47. The molecule has 5 heteroatoms. The summed E-state index contributed by atoms with van der Waals surface area (Å²) in [5.41, 5.74) is 1.33. The highest BCUT2D eigenvalue weighted by molar-refractivity contribution is 5.28. The Balaban J connectivity index is 1.52. The fraction of sp³-hybridized carbons (Fsp3) is 0.529. The summed E-state index contributed by atoms with van der Waals surface area (Å²) < 4.78 is 1.90. The predicted molar refractivity (Wildman–Crippen MR) is 85.5 cm³/mol. The highest BCUT2D eigenvalue weighted by Crippen LogP contribution is 2.31. The van der Waals surface area contributed by atoms with Crippen LogP contribution in [-0.2, 0) is 6.54 Å². The molecule has 1 N–H and O–H groups in total. The second-order valence-corrected chi connectivity index (χ2v) is 6.00. The van der Waals surface area contributed by atoms with Crippen molar-refractivity contribution in [3.8, 4) is 5.75 Å². The van der Waals surface area contributed by atoms with Crippen molar-refractivity contribution in [3.63, 3.8) is 0 Å². The van der Waals surface area contributed by atoms with E-state index in [0.29, 0.717) is 11.8 Å². The topological polar surface area (TPSA) is 54.2 Å². The number of nitrogens with zero attached hydrogens (tertiary/aromatic N) is 4. The molecule has 1 atom stereocenters. The molecule has 3 rings (SSSR count). The van der Waals surface area contributed by atoms with Crippen LogP contribution >= 0.6 is 0 Å². The molecule has 118 valence electrons. The zero-order chi connectivity index (χ0) is 15.2. The molecule has 1 saturated heterocycles. The summed E-state index contributed by atoms with van der Waals surface area (Å²) >= 11 is 0. The van der Waals surface area contributed by atoms with E-state index in [0.717, 1.165) is 19.5 Å². The summed E-state index contributed by atoms with van der Waals surface area (Å²) in [6.45, 7) is 3.24. The van der Waals surface area contributed by atoms with Crippen LogP contribution in [0.3, 0.4) is 0 Å². The molecule has 0 bridgehead atoms. The molecule has 1 aromatic heterocycles. The quantitative estimate of drug-likeness (QED) is 0.833. The van der Waals surface area contributed by atoms with Gasteiger partial charge in [-0.1, -0.05) is 18.6 Å². The van der Waals surface area contributed by atoms with Crippen molar-refractivity contribution in [1.82, 2.24) is 19.7 Å². The fourth-order valence-electron chi connectivity index (χ4n) is 3.27. The average molecular weight is 300 g/mol.